The molecule has 0 spiro atoms. The SMILES string of the molecule is CCCCC(Sc1nnnn1-c1ccccc1C)C(=O)Nc1cc(C)on1. The number of aromatic nitrogens is 5. The van der Waals surface area contributed by atoms with Crippen molar-refractivity contribution in [2.24, 2.45) is 0 Å². The topological polar surface area (TPSA) is 98.7 Å². The molecule has 3 rings (SSSR count). The molecule has 3 aromatic rings. The average molecular weight is 386 g/mol. The number of unbranched alkanes of at least 4 members (excludes halogenated alkanes) is 1. The zero-order valence-electron chi connectivity index (χ0n) is 15.5. The van der Waals surface area contributed by atoms with Crippen LogP contribution in [0.2, 0.25) is 0 Å². The summed E-state index contributed by atoms with van der Waals surface area (Å²) in [6, 6.07) is 9.55. The molecule has 0 fully saturated rings. The van der Waals surface area contributed by atoms with E-state index < -0.39 is 0 Å². The van der Waals surface area contributed by atoms with E-state index in [1.807, 2.05) is 31.2 Å². The van der Waals surface area contributed by atoms with E-state index in [0.29, 0.717) is 23.2 Å². The second kappa shape index (κ2) is 8.81. The highest BCUT2D eigenvalue weighted by molar-refractivity contribution is 8.00. The molecule has 0 aliphatic carbocycles. The van der Waals surface area contributed by atoms with E-state index >= 15 is 0 Å². The fourth-order valence-corrected chi connectivity index (χ4v) is 3.62. The number of tetrazole rings is 1. The van der Waals surface area contributed by atoms with Crippen molar-refractivity contribution in [3.63, 3.8) is 0 Å². The summed E-state index contributed by atoms with van der Waals surface area (Å²) in [7, 11) is 0. The Kier molecular flexibility index (Phi) is 6.23. The molecule has 8 nitrogen and oxygen atoms in total. The van der Waals surface area contributed by atoms with Gasteiger partial charge in [0.1, 0.15) is 5.76 Å². The molecular weight excluding hydrogens is 364 g/mol. The number of carbonyl (C=O) groups is 1. The zero-order valence-corrected chi connectivity index (χ0v) is 16.4. The van der Waals surface area contributed by atoms with Gasteiger partial charge in [0.2, 0.25) is 11.1 Å². The average Bonchev–Trinajstić information content (AvgIpc) is 3.27. The lowest BCUT2D eigenvalue weighted by molar-refractivity contribution is -0.115. The minimum absolute atomic E-state index is 0.138. The number of anilines is 1. The summed E-state index contributed by atoms with van der Waals surface area (Å²) in [6.45, 7) is 5.87. The fraction of sp³-hybridized carbons (Fsp3) is 0.389. The molecule has 0 aliphatic rings. The largest absolute Gasteiger partial charge is 0.360 e. The molecule has 1 N–H and O–H groups in total. The van der Waals surface area contributed by atoms with E-state index in [1.165, 1.54) is 11.8 Å². The van der Waals surface area contributed by atoms with Crippen molar-refractivity contribution in [3.05, 3.63) is 41.7 Å². The molecule has 0 radical (unpaired) electrons. The maximum absolute atomic E-state index is 12.8. The molecule has 0 saturated heterocycles. The van der Waals surface area contributed by atoms with Gasteiger partial charge in [-0.05, 0) is 42.3 Å². The van der Waals surface area contributed by atoms with Crippen LogP contribution in [0.5, 0.6) is 0 Å². The Hall–Kier alpha value is -2.68. The normalized spacial score (nSPS) is 12.1. The third kappa shape index (κ3) is 4.73. The summed E-state index contributed by atoms with van der Waals surface area (Å²) in [5.41, 5.74) is 1.95. The van der Waals surface area contributed by atoms with Crippen molar-refractivity contribution in [3.8, 4) is 5.69 Å². The molecule has 0 saturated carbocycles. The summed E-state index contributed by atoms with van der Waals surface area (Å²) in [5.74, 6) is 0.922. The van der Waals surface area contributed by atoms with Crippen molar-refractivity contribution in [2.45, 2.75) is 50.4 Å². The van der Waals surface area contributed by atoms with Gasteiger partial charge in [-0.25, -0.2) is 0 Å². The zero-order chi connectivity index (χ0) is 19.2. The van der Waals surface area contributed by atoms with E-state index in [1.54, 1.807) is 17.7 Å². The lowest BCUT2D eigenvalue weighted by Crippen LogP contribution is -2.26. The number of para-hydroxylation sites is 1. The predicted molar refractivity (Wildman–Crippen MR) is 103 cm³/mol. The van der Waals surface area contributed by atoms with Crippen molar-refractivity contribution in [1.29, 1.82) is 0 Å². The molecule has 0 aliphatic heterocycles. The van der Waals surface area contributed by atoms with Gasteiger partial charge < -0.3 is 9.84 Å². The molecule has 9 heteroatoms. The molecule has 142 valence electrons. The van der Waals surface area contributed by atoms with Crippen LogP contribution in [0.1, 0.15) is 37.5 Å². The molecular formula is C18H22N6O2S. The van der Waals surface area contributed by atoms with Gasteiger partial charge in [0.05, 0.1) is 10.9 Å². The number of amides is 1. The van der Waals surface area contributed by atoms with Gasteiger partial charge in [0.25, 0.3) is 0 Å². The van der Waals surface area contributed by atoms with Crippen molar-refractivity contribution in [2.75, 3.05) is 5.32 Å². The van der Waals surface area contributed by atoms with E-state index in [-0.39, 0.29) is 11.2 Å². The predicted octanol–water partition coefficient (Wildman–Crippen LogP) is 3.56. The second-order valence-corrected chi connectivity index (χ2v) is 7.39. The Labute approximate surface area is 161 Å². The van der Waals surface area contributed by atoms with Crippen molar-refractivity contribution in [1.82, 2.24) is 25.4 Å². The second-order valence-electron chi connectivity index (χ2n) is 6.22. The van der Waals surface area contributed by atoms with E-state index in [2.05, 4.69) is 32.9 Å². The van der Waals surface area contributed by atoms with Crippen LogP contribution in [0, 0.1) is 13.8 Å². The Morgan fingerprint density at radius 2 is 2.15 bits per heavy atom. The molecule has 1 unspecified atom stereocenters. The first-order valence-corrected chi connectivity index (χ1v) is 9.71. The van der Waals surface area contributed by atoms with Crippen LogP contribution in [-0.4, -0.2) is 36.5 Å². The monoisotopic (exact) mass is 386 g/mol. The fourth-order valence-electron chi connectivity index (χ4n) is 2.60. The lowest BCUT2D eigenvalue weighted by atomic mass is 10.2. The van der Waals surface area contributed by atoms with Crippen molar-refractivity contribution < 1.29 is 9.32 Å². The quantitative estimate of drug-likeness (QED) is 0.591. The molecule has 1 atom stereocenters. The molecule has 2 heterocycles. The van der Waals surface area contributed by atoms with Crippen LogP contribution >= 0.6 is 11.8 Å². The number of thioether (sulfide) groups is 1. The highest BCUT2D eigenvalue weighted by Crippen LogP contribution is 2.28. The van der Waals surface area contributed by atoms with Gasteiger partial charge >= 0.3 is 0 Å². The van der Waals surface area contributed by atoms with E-state index in [9.17, 15) is 4.79 Å². The smallest absolute Gasteiger partial charge is 0.239 e. The highest BCUT2D eigenvalue weighted by Gasteiger charge is 2.24. The number of carbonyl (C=O) groups excluding carboxylic acids is 1. The summed E-state index contributed by atoms with van der Waals surface area (Å²) < 4.78 is 6.69. The van der Waals surface area contributed by atoms with Crippen molar-refractivity contribution >= 4 is 23.5 Å². The molecule has 27 heavy (non-hydrogen) atoms. The van der Waals surface area contributed by atoms with Crippen LogP contribution in [0.25, 0.3) is 5.69 Å². The standard InChI is InChI=1S/C18H22N6O2S/c1-4-5-10-15(17(25)19-16-11-13(3)26-21-16)27-18-20-22-23-24(18)14-9-7-6-8-12(14)2/h6-9,11,15H,4-5,10H2,1-3H3,(H,19,21,25). The minimum Gasteiger partial charge on any atom is -0.360 e. The van der Waals surface area contributed by atoms with Gasteiger partial charge in [-0.1, -0.05) is 54.9 Å². The van der Waals surface area contributed by atoms with Gasteiger partial charge in [0, 0.05) is 6.07 Å². The van der Waals surface area contributed by atoms with Gasteiger partial charge in [-0.3, -0.25) is 4.79 Å². The van der Waals surface area contributed by atoms with Crippen LogP contribution in [0.15, 0.2) is 40.0 Å². The van der Waals surface area contributed by atoms with Crippen LogP contribution in [-0.2, 0) is 4.79 Å². The molecule has 1 aromatic carbocycles. The third-order valence-electron chi connectivity index (χ3n) is 4.02. The summed E-state index contributed by atoms with van der Waals surface area (Å²) >= 11 is 1.36. The Balaban J connectivity index is 1.80. The van der Waals surface area contributed by atoms with E-state index in [0.717, 1.165) is 24.1 Å². The summed E-state index contributed by atoms with van der Waals surface area (Å²) in [5, 5.41) is 18.9. The van der Waals surface area contributed by atoms with Gasteiger partial charge in [-0.15, -0.1) is 5.10 Å². The first-order valence-electron chi connectivity index (χ1n) is 8.83. The number of rotatable bonds is 8. The number of nitrogens with one attached hydrogen (secondary N) is 1. The number of aryl methyl sites for hydroxylation is 2. The van der Waals surface area contributed by atoms with Gasteiger partial charge in [-0.2, -0.15) is 4.68 Å². The summed E-state index contributed by atoms with van der Waals surface area (Å²) in [6.07, 6.45) is 2.63. The van der Waals surface area contributed by atoms with Gasteiger partial charge in [0.15, 0.2) is 5.82 Å². The van der Waals surface area contributed by atoms with Crippen LogP contribution < -0.4 is 5.32 Å². The summed E-state index contributed by atoms with van der Waals surface area (Å²) in [4.78, 5) is 12.8. The van der Waals surface area contributed by atoms with Crippen LogP contribution in [0.3, 0.4) is 0 Å². The molecule has 2 aromatic heterocycles. The number of benzene rings is 1. The van der Waals surface area contributed by atoms with Crippen LogP contribution in [0.4, 0.5) is 5.82 Å². The lowest BCUT2D eigenvalue weighted by Gasteiger charge is -2.15. The number of hydrogen-bond donors (Lipinski definition) is 1. The Morgan fingerprint density at radius 3 is 2.85 bits per heavy atom. The number of hydrogen-bond acceptors (Lipinski definition) is 7. The molecule has 1 amide bonds. The maximum atomic E-state index is 12.8. The first-order chi connectivity index (χ1) is 13.1. The Morgan fingerprint density at radius 1 is 1.33 bits per heavy atom. The molecule has 0 bridgehead atoms. The minimum atomic E-state index is -0.337. The maximum Gasteiger partial charge on any atom is 0.239 e. The Bertz CT molecular complexity index is 907. The third-order valence-corrected chi connectivity index (χ3v) is 5.22. The number of nitrogens with zero attached hydrogens (tertiary/aromatic N) is 5. The van der Waals surface area contributed by atoms with E-state index in [4.69, 9.17) is 4.52 Å². The highest BCUT2D eigenvalue weighted by atomic mass is 32.2. The first kappa shape index (κ1) is 19.1.